The molecule has 0 saturated carbocycles. The number of carbonyl (C=O) groups is 1. The number of fused-ring (bicyclic) bond motifs is 1. The van der Waals surface area contributed by atoms with E-state index in [0.717, 1.165) is 30.3 Å². The Kier molecular flexibility index (Phi) is 5.12. The minimum absolute atomic E-state index is 0.0335. The molecule has 144 valence electrons. The quantitative estimate of drug-likeness (QED) is 0.844. The molecule has 4 rings (SSSR count). The summed E-state index contributed by atoms with van der Waals surface area (Å²) in [5, 5.41) is 4.00. The van der Waals surface area contributed by atoms with E-state index < -0.39 is 10.0 Å². The number of piperidine rings is 1. The number of aromatic nitrogens is 1. The average molecular weight is 388 g/mol. The summed E-state index contributed by atoms with van der Waals surface area (Å²) in [5.74, 6) is -0.00687. The lowest BCUT2D eigenvalue weighted by molar-refractivity contribution is -0.135. The molecule has 27 heavy (non-hydrogen) atoms. The van der Waals surface area contributed by atoms with E-state index in [-0.39, 0.29) is 17.7 Å². The lowest BCUT2D eigenvalue weighted by Crippen LogP contribution is -2.57. The van der Waals surface area contributed by atoms with Gasteiger partial charge >= 0.3 is 0 Å². The molecule has 8 heteroatoms. The first-order chi connectivity index (χ1) is 13.0. The molecular formula is C19H24N4O3S. The monoisotopic (exact) mass is 388 g/mol. The number of hydrogen-bond acceptors (Lipinski definition) is 5. The summed E-state index contributed by atoms with van der Waals surface area (Å²) in [7, 11) is -3.48. The van der Waals surface area contributed by atoms with Crippen LogP contribution in [0.25, 0.3) is 10.9 Å². The highest BCUT2D eigenvalue weighted by atomic mass is 32.2. The SMILES string of the molecule is O=C1CNCCN1C1CCCN(S(=O)(=O)Cc2cccc3cccnc23)C1. The van der Waals surface area contributed by atoms with Crippen LogP contribution in [0.5, 0.6) is 0 Å². The van der Waals surface area contributed by atoms with Crippen molar-refractivity contribution in [2.75, 3.05) is 32.7 Å². The molecule has 0 aliphatic carbocycles. The molecule has 2 aliphatic rings. The zero-order valence-corrected chi connectivity index (χ0v) is 16.0. The minimum Gasteiger partial charge on any atom is -0.336 e. The van der Waals surface area contributed by atoms with Crippen LogP contribution in [0.15, 0.2) is 36.5 Å². The number of rotatable bonds is 4. The van der Waals surface area contributed by atoms with Crippen molar-refractivity contribution < 1.29 is 13.2 Å². The van der Waals surface area contributed by atoms with Gasteiger partial charge in [-0.25, -0.2) is 8.42 Å². The van der Waals surface area contributed by atoms with Gasteiger partial charge in [0.15, 0.2) is 0 Å². The van der Waals surface area contributed by atoms with Gasteiger partial charge in [0.2, 0.25) is 15.9 Å². The summed E-state index contributed by atoms with van der Waals surface area (Å²) in [4.78, 5) is 18.4. The maximum atomic E-state index is 13.1. The number of nitrogens with one attached hydrogen (secondary N) is 1. The van der Waals surface area contributed by atoms with E-state index in [2.05, 4.69) is 10.3 Å². The van der Waals surface area contributed by atoms with E-state index in [1.165, 1.54) is 0 Å². The van der Waals surface area contributed by atoms with Gasteiger partial charge in [0.25, 0.3) is 0 Å². The first-order valence-electron chi connectivity index (χ1n) is 9.35. The standard InChI is InChI=1S/C19H24N4O3S/c24-18-12-20-9-11-23(18)17-7-3-10-22(13-17)27(25,26)14-16-5-1-4-15-6-2-8-21-19(15)16/h1-2,4-6,8,17,20H,3,7,9-14H2. The predicted molar refractivity (Wildman–Crippen MR) is 104 cm³/mol. The van der Waals surface area contributed by atoms with Gasteiger partial charge in [0.1, 0.15) is 0 Å². The van der Waals surface area contributed by atoms with Crippen molar-refractivity contribution in [1.82, 2.24) is 19.5 Å². The second-order valence-electron chi connectivity index (χ2n) is 7.17. The molecule has 1 amide bonds. The first-order valence-corrected chi connectivity index (χ1v) is 11.0. The number of para-hydroxylation sites is 1. The molecule has 2 saturated heterocycles. The van der Waals surface area contributed by atoms with Crippen molar-refractivity contribution in [1.29, 1.82) is 0 Å². The molecular weight excluding hydrogens is 364 g/mol. The topological polar surface area (TPSA) is 82.6 Å². The van der Waals surface area contributed by atoms with Gasteiger partial charge in [-0.15, -0.1) is 0 Å². The maximum Gasteiger partial charge on any atom is 0.236 e. The Hall–Kier alpha value is -2.03. The fourth-order valence-corrected chi connectivity index (χ4v) is 5.62. The lowest BCUT2D eigenvalue weighted by Gasteiger charge is -2.40. The second-order valence-corrected chi connectivity index (χ2v) is 9.14. The summed E-state index contributed by atoms with van der Waals surface area (Å²) in [6.07, 6.45) is 3.31. The zero-order valence-electron chi connectivity index (χ0n) is 15.2. The summed E-state index contributed by atoms with van der Waals surface area (Å²) in [5.41, 5.74) is 1.45. The van der Waals surface area contributed by atoms with Crippen LogP contribution >= 0.6 is 0 Å². The van der Waals surface area contributed by atoms with Crippen LogP contribution in [0.2, 0.25) is 0 Å². The molecule has 1 atom stereocenters. The molecule has 2 aliphatic heterocycles. The Morgan fingerprint density at radius 1 is 1.19 bits per heavy atom. The lowest BCUT2D eigenvalue weighted by atomic mass is 10.1. The number of amides is 1. The van der Waals surface area contributed by atoms with Gasteiger partial charge < -0.3 is 10.2 Å². The van der Waals surface area contributed by atoms with E-state index in [1.807, 2.05) is 35.2 Å². The number of nitrogens with zero attached hydrogens (tertiary/aromatic N) is 3. The Morgan fingerprint density at radius 3 is 2.89 bits per heavy atom. The van der Waals surface area contributed by atoms with E-state index in [4.69, 9.17) is 0 Å². The molecule has 1 unspecified atom stereocenters. The molecule has 0 spiro atoms. The van der Waals surface area contributed by atoms with Crippen LogP contribution < -0.4 is 5.32 Å². The smallest absolute Gasteiger partial charge is 0.236 e. The zero-order chi connectivity index (χ0) is 18.9. The summed E-state index contributed by atoms with van der Waals surface area (Å²) in [6, 6.07) is 9.38. The highest BCUT2D eigenvalue weighted by Gasteiger charge is 2.34. The third-order valence-corrected chi connectivity index (χ3v) is 7.17. The first kappa shape index (κ1) is 18.3. The molecule has 1 aromatic heterocycles. The fourth-order valence-electron chi connectivity index (χ4n) is 4.01. The molecule has 7 nitrogen and oxygen atoms in total. The van der Waals surface area contributed by atoms with Gasteiger partial charge in [-0.3, -0.25) is 9.78 Å². The largest absolute Gasteiger partial charge is 0.336 e. The van der Waals surface area contributed by atoms with Crippen LogP contribution in [0.4, 0.5) is 0 Å². The highest BCUT2D eigenvalue weighted by molar-refractivity contribution is 7.88. The molecule has 0 radical (unpaired) electrons. The van der Waals surface area contributed by atoms with Crippen LogP contribution in [0.3, 0.4) is 0 Å². The number of carbonyl (C=O) groups excluding carboxylic acids is 1. The van der Waals surface area contributed by atoms with Crippen molar-refractivity contribution in [2.45, 2.75) is 24.6 Å². The third kappa shape index (κ3) is 3.83. The summed E-state index contributed by atoms with van der Waals surface area (Å²) in [6.45, 7) is 2.63. The number of sulfonamides is 1. The van der Waals surface area contributed by atoms with Crippen LogP contribution in [-0.2, 0) is 20.6 Å². The molecule has 0 bridgehead atoms. The molecule has 2 fully saturated rings. The van der Waals surface area contributed by atoms with E-state index >= 15 is 0 Å². The van der Waals surface area contributed by atoms with Crippen LogP contribution in [0, 0.1) is 0 Å². The normalized spacial score (nSPS) is 22.3. The molecule has 3 heterocycles. The van der Waals surface area contributed by atoms with Gasteiger partial charge in [-0.2, -0.15) is 4.31 Å². The Balaban J connectivity index is 1.53. The molecule has 2 aromatic rings. The maximum absolute atomic E-state index is 13.1. The van der Waals surface area contributed by atoms with Crippen LogP contribution in [0.1, 0.15) is 18.4 Å². The van der Waals surface area contributed by atoms with Crippen molar-refractivity contribution in [3.8, 4) is 0 Å². The number of benzene rings is 1. The molecule has 1 aromatic carbocycles. The molecule has 1 N–H and O–H groups in total. The summed E-state index contributed by atoms with van der Waals surface area (Å²) >= 11 is 0. The third-order valence-electron chi connectivity index (χ3n) is 5.37. The van der Waals surface area contributed by atoms with Crippen molar-refractivity contribution >= 4 is 26.8 Å². The van der Waals surface area contributed by atoms with Gasteiger partial charge in [-0.05, 0) is 24.5 Å². The van der Waals surface area contributed by atoms with Gasteiger partial charge in [0, 0.05) is 43.8 Å². The van der Waals surface area contributed by atoms with Crippen molar-refractivity contribution in [3.05, 3.63) is 42.1 Å². The number of hydrogen-bond donors (Lipinski definition) is 1. The predicted octanol–water partition coefficient (Wildman–Crippen LogP) is 0.961. The van der Waals surface area contributed by atoms with E-state index in [1.54, 1.807) is 10.5 Å². The Bertz CT molecular complexity index is 942. The number of piperazine rings is 1. The fraction of sp³-hybridized carbons (Fsp3) is 0.474. The van der Waals surface area contributed by atoms with Crippen molar-refractivity contribution in [3.63, 3.8) is 0 Å². The number of pyridine rings is 1. The van der Waals surface area contributed by atoms with Gasteiger partial charge in [0.05, 0.1) is 17.8 Å². The van der Waals surface area contributed by atoms with Crippen molar-refractivity contribution in [2.24, 2.45) is 0 Å². The van der Waals surface area contributed by atoms with Gasteiger partial charge in [-0.1, -0.05) is 24.3 Å². The Morgan fingerprint density at radius 2 is 2.04 bits per heavy atom. The van der Waals surface area contributed by atoms with E-state index in [9.17, 15) is 13.2 Å². The summed E-state index contributed by atoms with van der Waals surface area (Å²) < 4.78 is 27.7. The van der Waals surface area contributed by atoms with E-state index in [0.29, 0.717) is 31.7 Å². The highest BCUT2D eigenvalue weighted by Crippen LogP contribution is 2.24. The Labute approximate surface area is 159 Å². The average Bonchev–Trinajstić information content (AvgIpc) is 2.69. The second kappa shape index (κ2) is 7.53. The van der Waals surface area contributed by atoms with Crippen LogP contribution in [-0.4, -0.2) is 67.3 Å². The minimum atomic E-state index is -3.48.